The summed E-state index contributed by atoms with van der Waals surface area (Å²) in [6, 6.07) is 8.06. The van der Waals surface area contributed by atoms with E-state index in [1.807, 2.05) is 41.3 Å². The van der Waals surface area contributed by atoms with Crippen LogP contribution in [0, 0.1) is 11.8 Å². The summed E-state index contributed by atoms with van der Waals surface area (Å²) in [7, 11) is 1.46. The van der Waals surface area contributed by atoms with E-state index >= 15 is 0 Å². The van der Waals surface area contributed by atoms with Gasteiger partial charge in [0.1, 0.15) is 17.9 Å². The second kappa shape index (κ2) is 7.93. The van der Waals surface area contributed by atoms with Gasteiger partial charge in [0, 0.05) is 13.6 Å². The summed E-state index contributed by atoms with van der Waals surface area (Å²) in [5.41, 5.74) is 0.942. The van der Waals surface area contributed by atoms with Gasteiger partial charge in [-0.1, -0.05) is 30.3 Å². The molecule has 176 valence electrons. The van der Waals surface area contributed by atoms with E-state index in [-0.39, 0.29) is 18.4 Å². The fourth-order valence-electron chi connectivity index (χ4n) is 5.42. The van der Waals surface area contributed by atoms with E-state index in [1.165, 1.54) is 7.05 Å². The quantitative estimate of drug-likeness (QED) is 0.485. The van der Waals surface area contributed by atoms with Crippen LogP contribution >= 0.6 is 0 Å². The molecule has 3 fully saturated rings. The second-order valence-corrected chi connectivity index (χ2v) is 9.24. The zero-order chi connectivity index (χ0) is 23.5. The van der Waals surface area contributed by atoms with Crippen molar-refractivity contribution in [2.75, 3.05) is 13.7 Å². The van der Waals surface area contributed by atoms with Gasteiger partial charge in [-0.05, 0) is 32.4 Å². The van der Waals surface area contributed by atoms with E-state index in [1.54, 1.807) is 20.8 Å². The minimum Gasteiger partial charge on any atom is -0.465 e. The number of hydrogen-bond acceptors (Lipinski definition) is 8. The average molecular weight is 456 g/mol. The van der Waals surface area contributed by atoms with Crippen LogP contribution in [-0.4, -0.2) is 71.5 Å². The van der Waals surface area contributed by atoms with Gasteiger partial charge < -0.3 is 18.9 Å². The highest BCUT2D eigenvalue weighted by Gasteiger charge is 2.66. The Balaban J connectivity index is 1.57. The van der Waals surface area contributed by atoms with Crippen molar-refractivity contribution >= 4 is 17.8 Å². The molecule has 0 aliphatic carbocycles. The molecule has 0 N–H and O–H groups in total. The summed E-state index contributed by atoms with van der Waals surface area (Å²) in [6.07, 6.45) is 0.736. The number of imide groups is 1. The van der Waals surface area contributed by atoms with Crippen LogP contribution < -0.4 is 0 Å². The molecule has 6 atom stereocenters. The number of nitrogens with zero attached hydrogens (tertiary/aromatic N) is 2. The summed E-state index contributed by atoms with van der Waals surface area (Å²) in [4.78, 5) is 42.4. The van der Waals surface area contributed by atoms with Crippen LogP contribution in [0.2, 0.25) is 0 Å². The highest BCUT2D eigenvalue weighted by Crippen LogP contribution is 2.48. The minimum absolute atomic E-state index is 0.175. The molecule has 9 nitrogen and oxygen atoms in total. The second-order valence-electron chi connectivity index (χ2n) is 9.24. The van der Waals surface area contributed by atoms with E-state index in [9.17, 15) is 14.4 Å². The van der Waals surface area contributed by atoms with Gasteiger partial charge >= 0.3 is 5.97 Å². The molecule has 0 aromatic heterocycles. The van der Waals surface area contributed by atoms with Gasteiger partial charge in [0.2, 0.25) is 18.1 Å². The molecular formula is C24H28N2O7. The maximum Gasteiger partial charge on any atom is 0.324 e. The molecule has 33 heavy (non-hydrogen) atoms. The van der Waals surface area contributed by atoms with Crippen molar-refractivity contribution in [1.29, 1.82) is 0 Å². The molecule has 0 saturated carbocycles. The first-order chi connectivity index (χ1) is 15.7. The van der Waals surface area contributed by atoms with Gasteiger partial charge in [0.05, 0.1) is 24.5 Å². The predicted octanol–water partition coefficient (Wildman–Crippen LogP) is 1.43. The Hall–Kier alpha value is -2.75. The van der Waals surface area contributed by atoms with Gasteiger partial charge in [0.15, 0.2) is 5.79 Å². The largest absolute Gasteiger partial charge is 0.465 e. The number of carbonyl (C=O) groups is 3. The Morgan fingerprint density at radius 2 is 1.79 bits per heavy atom. The summed E-state index contributed by atoms with van der Waals surface area (Å²) < 4.78 is 23.2. The van der Waals surface area contributed by atoms with Crippen molar-refractivity contribution in [2.24, 2.45) is 11.8 Å². The molecule has 2 unspecified atom stereocenters. The molecule has 4 aliphatic heterocycles. The van der Waals surface area contributed by atoms with E-state index in [2.05, 4.69) is 0 Å². The predicted molar refractivity (Wildman–Crippen MR) is 114 cm³/mol. The van der Waals surface area contributed by atoms with E-state index in [0.29, 0.717) is 12.3 Å². The van der Waals surface area contributed by atoms with Gasteiger partial charge in [-0.15, -0.1) is 0 Å². The third-order valence-corrected chi connectivity index (χ3v) is 6.71. The van der Waals surface area contributed by atoms with Crippen LogP contribution in [0.4, 0.5) is 0 Å². The topological polar surface area (TPSA) is 94.6 Å². The first kappa shape index (κ1) is 22.1. The monoisotopic (exact) mass is 456 g/mol. The highest BCUT2D eigenvalue weighted by atomic mass is 16.8. The molecule has 1 aromatic carbocycles. The lowest BCUT2D eigenvalue weighted by Gasteiger charge is -2.32. The van der Waals surface area contributed by atoms with Crippen molar-refractivity contribution in [3.05, 3.63) is 47.7 Å². The zero-order valence-corrected chi connectivity index (χ0v) is 19.1. The molecule has 0 bridgehead atoms. The van der Waals surface area contributed by atoms with E-state index in [4.69, 9.17) is 18.9 Å². The van der Waals surface area contributed by atoms with Gasteiger partial charge in [-0.3, -0.25) is 24.2 Å². The summed E-state index contributed by atoms with van der Waals surface area (Å²) >= 11 is 0. The summed E-state index contributed by atoms with van der Waals surface area (Å²) in [6.45, 7) is 5.85. The van der Waals surface area contributed by atoms with Crippen LogP contribution in [0.25, 0.3) is 0 Å². The standard InChI is InChI=1S/C24H28N2O7/c1-5-30-22(29)19-17-16(20(27)25(4)21(17)28)18(26(19)12-13-9-7-6-8-10-13)14-11-15-23(31-14)33-24(2,3)32-15/h6-11,15-19,23H,5,12H2,1-4H3/t15-,16?,17?,18+,19-,23-/m1/s1. The lowest BCUT2D eigenvalue weighted by molar-refractivity contribution is -0.184. The molecule has 9 heteroatoms. The SMILES string of the molecule is CCOC(=O)[C@H]1C2C(=O)N(C)C(=O)C2[C@H](C2=C[C@H]3OC(C)(C)O[C@H]3O2)N1Cc1ccccc1. The Labute approximate surface area is 192 Å². The molecular weight excluding hydrogens is 428 g/mol. The third kappa shape index (κ3) is 3.55. The average Bonchev–Trinajstić information content (AvgIpc) is 3.43. The highest BCUT2D eigenvalue weighted by molar-refractivity contribution is 6.08. The van der Waals surface area contributed by atoms with Crippen LogP contribution in [0.5, 0.6) is 0 Å². The van der Waals surface area contributed by atoms with Crippen molar-refractivity contribution < 1.29 is 33.3 Å². The Kier molecular flexibility index (Phi) is 5.30. The molecule has 3 saturated heterocycles. The number of benzene rings is 1. The number of rotatable bonds is 5. The number of amides is 2. The Morgan fingerprint density at radius 1 is 1.09 bits per heavy atom. The molecule has 0 radical (unpaired) electrons. The van der Waals surface area contributed by atoms with Gasteiger partial charge in [0.25, 0.3) is 0 Å². The molecule has 2 amide bonds. The molecule has 1 aromatic rings. The number of ether oxygens (including phenoxy) is 4. The van der Waals surface area contributed by atoms with Crippen molar-refractivity contribution in [3.63, 3.8) is 0 Å². The number of fused-ring (bicyclic) bond motifs is 2. The first-order valence-electron chi connectivity index (χ1n) is 11.2. The van der Waals surface area contributed by atoms with Crippen LogP contribution in [0.3, 0.4) is 0 Å². The maximum atomic E-state index is 13.2. The Morgan fingerprint density at radius 3 is 2.45 bits per heavy atom. The smallest absolute Gasteiger partial charge is 0.324 e. The van der Waals surface area contributed by atoms with Crippen molar-refractivity contribution in [3.8, 4) is 0 Å². The maximum absolute atomic E-state index is 13.2. The van der Waals surface area contributed by atoms with Crippen LogP contribution in [-0.2, 0) is 39.9 Å². The van der Waals surface area contributed by atoms with Crippen LogP contribution in [0.1, 0.15) is 26.3 Å². The minimum atomic E-state index is -0.912. The lowest BCUT2D eigenvalue weighted by atomic mass is 9.88. The fraction of sp³-hybridized carbons (Fsp3) is 0.542. The van der Waals surface area contributed by atoms with E-state index in [0.717, 1.165) is 10.5 Å². The number of hydrogen-bond donors (Lipinski definition) is 0. The zero-order valence-electron chi connectivity index (χ0n) is 19.1. The normalized spacial score (nSPS) is 34.8. The molecule has 5 rings (SSSR count). The van der Waals surface area contributed by atoms with Crippen molar-refractivity contribution in [2.45, 2.75) is 57.6 Å². The number of carbonyl (C=O) groups excluding carboxylic acids is 3. The molecule has 0 spiro atoms. The summed E-state index contributed by atoms with van der Waals surface area (Å²) in [5.74, 6) is -3.15. The van der Waals surface area contributed by atoms with E-state index < -0.39 is 48.1 Å². The van der Waals surface area contributed by atoms with Crippen molar-refractivity contribution in [1.82, 2.24) is 9.80 Å². The fourth-order valence-corrected chi connectivity index (χ4v) is 5.42. The number of likely N-dealkylation sites (tertiary alicyclic amines) is 2. The summed E-state index contributed by atoms with van der Waals surface area (Å²) in [5, 5.41) is 0. The molecule has 4 heterocycles. The first-order valence-corrected chi connectivity index (χ1v) is 11.2. The molecule has 4 aliphatic rings. The van der Waals surface area contributed by atoms with Gasteiger partial charge in [-0.25, -0.2) is 0 Å². The van der Waals surface area contributed by atoms with Gasteiger partial charge in [-0.2, -0.15) is 0 Å². The third-order valence-electron chi connectivity index (χ3n) is 6.71. The Bertz CT molecular complexity index is 1010. The number of esters is 1. The lowest BCUT2D eigenvalue weighted by Crippen LogP contribution is -2.48. The van der Waals surface area contributed by atoms with Crippen LogP contribution in [0.15, 0.2) is 42.2 Å².